The number of hydrogen-bond donors (Lipinski definition) is 0. The lowest BCUT2D eigenvalue weighted by atomic mass is 9.77. The fourth-order valence-corrected chi connectivity index (χ4v) is 3.16. The highest BCUT2D eigenvalue weighted by molar-refractivity contribution is 5.88. The first-order valence-corrected chi connectivity index (χ1v) is 7.45. The summed E-state index contributed by atoms with van der Waals surface area (Å²) < 4.78 is 0. The Morgan fingerprint density at radius 1 is 1.18 bits per heavy atom. The van der Waals surface area contributed by atoms with Crippen molar-refractivity contribution in [3.63, 3.8) is 0 Å². The van der Waals surface area contributed by atoms with Crippen LogP contribution >= 0.6 is 0 Å². The molecular weight excluding hydrogens is 210 g/mol. The number of hydrogen-bond acceptors (Lipinski definition) is 2. The summed E-state index contributed by atoms with van der Waals surface area (Å²) in [5.41, 5.74) is -0.171. The number of rotatable bonds is 5. The fraction of sp³-hybridized carbons (Fsp3) is 0.933. The quantitative estimate of drug-likeness (QED) is 0.730. The van der Waals surface area contributed by atoms with E-state index in [1.54, 1.807) is 0 Å². The van der Waals surface area contributed by atoms with Crippen LogP contribution in [0.2, 0.25) is 0 Å². The molecule has 0 amide bonds. The van der Waals surface area contributed by atoms with E-state index in [9.17, 15) is 4.79 Å². The second-order valence-corrected chi connectivity index (χ2v) is 6.10. The average molecular weight is 237 g/mol. The van der Waals surface area contributed by atoms with Crippen LogP contribution in [0, 0.1) is 5.92 Å². The van der Waals surface area contributed by atoms with E-state index in [4.69, 9.17) is 0 Å². The maximum Gasteiger partial charge on any atom is 0.153 e. The zero-order chi connectivity index (χ0) is 12.3. The Bertz CT molecular complexity index is 266. The molecule has 1 aliphatic carbocycles. The third-order valence-electron chi connectivity index (χ3n) is 5.04. The Morgan fingerprint density at radius 2 is 1.82 bits per heavy atom. The molecule has 2 fully saturated rings. The lowest BCUT2D eigenvalue weighted by molar-refractivity contribution is -0.133. The molecule has 0 aromatic heterocycles. The predicted octanol–water partition coefficient (Wildman–Crippen LogP) is 3.40. The van der Waals surface area contributed by atoms with Gasteiger partial charge in [0.25, 0.3) is 0 Å². The van der Waals surface area contributed by atoms with Crippen molar-refractivity contribution in [2.24, 2.45) is 5.92 Å². The first kappa shape index (κ1) is 13.1. The van der Waals surface area contributed by atoms with Gasteiger partial charge in [-0.25, -0.2) is 0 Å². The van der Waals surface area contributed by atoms with Crippen LogP contribution < -0.4 is 0 Å². The van der Waals surface area contributed by atoms with Gasteiger partial charge in [0.05, 0.1) is 5.54 Å². The minimum Gasteiger partial charge on any atom is -0.298 e. The van der Waals surface area contributed by atoms with Crippen molar-refractivity contribution < 1.29 is 4.79 Å². The summed E-state index contributed by atoms with van der Waals surface area (Å²) in [4.78, 5) is 15.0. The molecule has 0 radical (unpaired) electrons. The summed E-state index contributed by atoms with van der Waals surface area (Å²) in [7, 11) is 0. The molecule has 0 bridgehead atoms. The summed E-state index contributed by atoms with van der Waals surface area (Å²) in [5, 5.41) is 0. The highest BCUT2D eigenvalue weighted by Crippen LogP contribution is 2.34. The maximum atomic E-state index is 12.6. The second-order valence-electron chi connectivity index (χ2n) is 6.10. The molecule has 1 saturated carbocycles. The SMILES string of the molecule is CCC(C)(C(=O)CC1CCC1)N1CCCCC1. The predicted molar refractivity (Wildman–Crippen MR) is 71.1 cm³/mol. The molecule has 0 N–H and O–H groups in total. The van der Waals surface area contributed by atoms with Crippen LogP contribution in [0.1, 0.15) is 65.2 Å². The summed E-state index contributed by atoms with van der Waals surface area (Å²) in [6.07, 6.45) is 9.59. The van der Waals surface area contributed by atoms with Gasteiger partial charge in [-0.05, 0) is 45.2 Å². The molecule has 1 aliphatic heterocycles. The van der Waals surface area contributed by atoms with E-state index < -0.39 is 0 Å². The topological polar surface area (TPSA) is 20.3 Å². The van der Waals surface area contributed by atoms with Crippen LogP contribution in [0.3, 0.4) is 0 Å². The van der Waals surface area contributed by atoms with E-state index in [0.717, 1.165) is 25.9 Å². The highest BCUT2D eigenvalue weighted by Gasteiger charge is 2.39. The van der Waals surface area contributed by atoms with Gasteiger partial charge in [-0.1, -0.05) is 32.6 Å². The van der Waals surface area contributed by atoms with Crippen LogP contribution in [-0.2, 0) is 4.79 Å². The van der Waals surface area contributed by atoms with Gasteiger partial charge in [0.15, 0.2) is 5.78 Å². The monoisotopic (exact) mass is 237 g/mol. The first-order chi connectivity index (χ1) is 8.16. The van der Waals surface area contributed by atoms with Gasteiger partial charge in [0.2, 0.25) is 0 Å². The molecule has 1 saturated heterocycles. The van der Waals surface area contributed by atoms with Crippen molar-refractivity contribution in [3.8, 4) is 0 Å². The third-order valence-corrected chi connectivity index (χ3v) is 5.04. The van der Waals surface area contributed by atoms with E-state index in [1.807, 2.05) is 0 Å². The number of Topliss-reactive ketones (excluding diaryl/α,β-unsaturated/α-hetero) is 1. The van der Waals surface area contributed by atoms with Gasteiger partial charge < -0.3 is 0 Å². The van der Waals surface area contributed by atoms with Crippen LogP contribution in [0.25, 0.3) is 0 Å². The summed E-state index contributed by atoms with van der Waals surface area (Å²) in [6, 6.07) is 0. The summed E-state index contributed by atoms with van der Waals surface area (Å²) in [5.74, 6) is 1.21. The summed E-state index contributed by atoms with van der Waals surface area (Å²) >= 11 is 0. The smallest absolute Gasteiger partial charge is 0.153 e. The van der Waals surface area contributed by atoms with E-state index in [0.29, 0.717) is 11.7 Å². The molecule has 2 rings (SSSR count). The molecular formula is C15H27NO. The first-order valence-electron chi connectivity index (χ1n) is 7.45. The standard InChI is InChI=1S/C15H27NO/c1-3-15(2,16-10-5-4-6-11-16)14(17)12-13-8-7-9-13/h13H,3-12H2,1-2H3. The minimum absolute atomic E-state index is 0.171. The number of nitrogens with zero attached hydrogens (tertiary/aromatic N) is 1. The molecule has 2 aliphatic rings. The van der Waals surface area contributed by atoms with Crippen molar-refractivity contribution >= 4 is 5.78 Å². The van der Waals surface area contributed by atoms with E-state index in [1.165, 1.54) is 38.5 Å². The highest BCUT2D eigenvalue weighted by atomic mass is 16.1. The van der Waals surface area contributed by atoms with Crippen molar-refractivity contribution in [1.82, 2.24) is 4.90 Å². The van der Waals surface area contributed by atoms with E-state index in [-0.39, 0.29) is 5.54 Å². The molecule has 2 nitrogen and oxygen atoms in total. The van der Waals surface area contributed by atoms with Gasteiger partial charge in [0.1, 0.15) is 0 Å². The number of likely N-dealkylation sites (tertiary alicyclic amines) is 1. The molecule has 0 aromatic rings. The Hall–Kier alpha value is -0.370. The largest absolute Gasteiger partial charge is 0.298 e. The normalized spacial score (nSPS) is 26.2. The van der Waals surface area contributed by atoms with Gasteiger partial charge in [0, 0.05) is 6.42 Å². The molecule has 17 heavy (non-hydrogen) atoms. The Kier molecular flexibility index (Phi) is 4.24. The lowest BCUT2D eigenvalue weighted by Crippen LogP contribution is -2.54. The third kappa shape index (κ3) is 2.73. The average Bonchev–Trinajstić information content (AvgIpc) is 2.33. The minimum atomic E-state index is -0.171. The molecule has 0 aromatic carbocycles. The van der Waals surface area contributed by atoms with E-state index >= 15 is 0 Å². The van der Waals surface area contributed by atoms with Crippen LogP contribution in [0.4, 0.5) is 0 Å². The fourth-order valence-electron chi connectivity index (χ4n) is 3.16. The van der Waals surface area contributed by atoms with Gasteiger partial charge in [-0.3, -0.25) is 9.69 Å². The molecule has 0 spiro atoms. The lowest BCUT2D eigenvalue weighted by Gasteiger charge is -2.43. The van der Waals surface area contributed by atoms with Gasteiger partial charge >= 0.3 is 0 Å². The zero-order valence-electron chi connectivity index (χ0n) is 11.5. The van der Waals surface area contributed by atoms with Crippen LogP contribution in [-0.4, -0.2) is 29.3 Å². The molecule has 1 heterocycles. The maximum absolute atomic E-state index is 12.6. The van der Waals surface area contributed by atoms with Crippen molar-refractivity contribution in [1.29, 1.82) is 0 Å². The van der Waals surface area contributed by atoms with Gasteiger partial charge in [-0.15, -0.1) is 0 Å². The van der Waals surface area contributed by atoms with Crippen LogP contribution in [0.15, 0.2) is 0 Å². The Morgan fingerprint density at radius 3 is 2.29 bits per heavy atom. The zero-order valence-corrected chi connectivity index (χ0v) is 11.5. The number of ketones is 1. The molecule has 1 atom stereocenters. The Balaban J connectivity index is 1.97. The molecule has 1 unspecified atom stereocenters. The summed E-state index contributed by atoms with van der Waals surface area (Å²) in [6.45, 7) is 6.61. The van der Waals surface area contributed by atoms with Gasteiger partial charge in [-0.2, -0.15) is 0 Å². The Labute approximate surface area is 106 Å². The van der Waals surface area contributed by atoms with E-state index in [2.05, 4.69) is 18.7 Å². The number of carbonyl (C=O) groups is 1. The second kappa shape index (κ2) is 5.51. The van der Waals surface area contributed by atoms with Crippen LogP contribution in [0.5, 0.6) is 0 Å². The van der Waals surface area contributed by atoms with Crippen molar-refractivity contribution in [2.75, 3.05) is 13.1 Å². The molecule has 98 valence electrons. The molecule has 2 heteroatoms. The van der Waals surface area contributed by atoms with Crippen molar-refractivity contribution in [3.05, 3.63) is 0 Å². The number of carbonyl (C=O) groups excluding carboxylic acids is 1. The van der Waals surface area contributed by atoms with Crippen molar-refractivity contribution in [2.45, 2.75) is 70.8 Å². The number of piperidine rings is 1.